The first kappa shape index (κ1) is 29.9. The topological polar surface area (TPSA) is 121 Å². The molecule has 1 heterocycles. The third-order valence-electron chi connectivity index (χ3n) is 5.19. The molecule has 9 nitrogen and oxygen atoms in total. The second-order valence-corrected chi connectivity index (χ2v) is 9.67. The number of alkyl halides is 6. The number of methoxy groups -OCH3 is 1. The van der Waals surface area contributed by atoms with E-state index in [0.717, 1.165) is 12.1 Å². The number of carbonyl (C=O) groups excluding carboxylic acids is 1. The molecule has 212 valence electrons. The average molecular weight is 581 g/mol. The minimum Gasteiger partial charge on any atom is -0.483 e. The number of aromatic nitrogens is 2. The number of halogens is 6. The van der Waals surface area contributed by atoms with E-state index in [4.69, 9.17) is 4.52 Å². The molecule has 1 aromatic heterocycles. The zero-order valence-electron chi connectivity index (χ0n) is 20.3. The van der Waals surface area contributed by atoms with Crippen LogP contribution in [0.4, 0.5) is 26.3 Å². The minimum absolute atomic E-state index is 0.0633. The van der Waals surface area contributed by atoms with Gasteiger partial charge in [0.1, 0.15) is 5.75 Å². The molecule has 0 saturated carbocycles. The number of esters is 1. The van der Waals surface area contributed by atoms with E-state index in [-0.39, 0.29) is 47.1 Å². The Morgan fingerprint density at radius 3 is 2.36 bits per heavy atom. The zero-order chi connectivity index (χ0) is 29.0. The van der Waals surface area contributed by atoms with Gasteiger partial charge in [-0.05, 0) is 48.4 Å². The molecule has 3 rings (SSSR count). The Bertz CT molecular complexity index is 1440. The van der Waals surface area contributed by atoms with E-state index in [1.54, 1.807) is 6.92 Å². The predicted molar refractivity (Wildman–Crippen MR) is 123 cm³/mol. The van der Waals surface area contributed by atoms with Gasteiger partial charge in [0.15, 0.2) is 6.61 Å². The van der Waals surface area contributed by atoms with Crippen molar-refractivity contribution in [2.75, 3.05) is 20.3 Å². The number of aryl methyl sites for hydroxylation is 1. The summed E-state index contributed by atoms with van der Waals surface area (Å²) in [6.45, 7) is -0.407. The lowest BCUT2D eigenvalue weighted by molar-refractivity contribution is -0.158. The summed E-state index contributed by atoms with van der Waals surface area (Å²) in [5, 5.41) is 3.73. The summed E-state index contributed by atoms with van der Waals surface area (Å²) in [5.41, 5.74) is -1.05. The summed E-state index contributed by atoms with van der Waals surface area (Å²) in [6.07, 6.45) is -9.79. The summed E-state index contributed by atoms with van der Waals surface area (Å²) >= 11 is 0. The monoisotopic (exact) mass is 581 g/mol. The summed E-state index contributed by atoms with van der Waals surface area (Å²) in [6, 6.07) is 6.37. The van der Waals surface area contributed by atoms with Gasteiger partial charge < -0.3 is 14.0 Å². The number of ether oxygens (including phenoxy) is 2. The molecule has 39 heavy (non-hydrogen) atoms. The molecule has 0 bridgehead atoms. The van der Waals surface area contributed by atoms with Gasteiger partial charge in [-0.2, -0.15) is 31.3 Å². The minimum atomic E-state index is -5.04. The molecule has 0 radical (unpaired) electrons. The lowest BCUT2D eigenvalue weighted by atomic mass is 10.1. The summed E-state index contributed by atoms with van der Waals surface area (Å²) < 4.78 is 119. The number of hydrogen-bond donors (Lipinski definition) is 1. The van der Waals surface area contributed by atoms with Gasteiger partial charge in [0, 0.05) is 17.7 Å². The summed E-state index contributed by atoms with van der Waals surface area (Å²) in [7, 11) is -2.82. The largest absolute Gasteiger partial charge is 0.483 e. The first-order valence-corrected chi connectivity index (χ1v) is 12.6. The van der Waals surface area contributed by atoms with E-state index in [1.165, 1.54) is 25.3 Å². The maximum Gasteiger partial charge on any atom is 0.422 e. The highest BCUT2D eigenvalue weighted by Crippen LogP contribution is 2.39. The fourth-order valence-corrected chi connectivity index (χ4v) is 4.67. The van der Waals surface area contributed by atoms with Gasteiger partial charge in [-0.25, -0.2) is 13.1 Å². The predicted octanol–water partition coefficient (Wildman–Crippen LogP) is 4.77. The molecule has 0 aliphatic carbocycles. The molecule has 3 aromatic rings. The van der Waals surface area contributed by atoms with Crippen molar-refractivity contribution in [1.29, 1.82) is 0 Å². The third kappa shape index (κ3) is 7.69. The fourth-order valence-electron chi connectivity index (χ4n) is 3.35. The van der Waals surface area contributed by atoms with Crippen molar-refractivity contribution >= 4 is 16.0 Å². The molecule has 0 atom stereocenters. The van der Waals surface area contributed by atoms with Crippen molar-refractivity contribution < 1.29 is 53.6 Å². The van der Waals surface area contributed by atoms with E-state index < -0.39 is 46.3 Å². The molecule has 2 aromatic carbocycles. The Morgan fingerprint density at radius 1 is 1.05 bits per heavy atom. The van der Waals surface area contributed by atoms with Gasteiger partial charge in [0.05, 0.1) is 24.0 Å². The Hall–Kier alpha value is -3.66. The van der Waals surface area contributed by atoms with E-state index in [2.05, 4.69) is 24.3 Å². The van der Waals surface area contributed by atoms with Gasteiger partial charge in [-0.3, -0.25) is 4.79 Å². The Balaban J connectivity index is 1.88. The van der Waals surface area contributed by atoms with Gasteiger partial charge in [-0.1, -0.05) is 12.1 Å². The van der Waals surface area contributed by atoms with Crippen LogP contribution < -0.4 is 9.46 Å². The molecule has 0 amide bonds. The summed E-state index contributed by atoms with van der Waals surface area (Å²) in [5.74, 6) is -2.05. The van der Waals surface area contributed by atoms with Crippen molar-refractivity contribution in [3.63, 3.8) is 0 Å². The number of sulfonamides is 1. The summed E-state index contributed by atoms with van der Waals surface area (Å²) in [4.78, 5) is 15.2. The lowest BCUT2D eigenvalue weighted by Crippen LogP contribution is -2.27. The van der Waals surface area contributed by atoms with Crippen LogP contribution >= 0.6 is 0 Å². The highest BCUT2D eigenvalue weighted by Gasteiger charge is 2.37. The van der Waals surface area contributed by atoms with Crippen LogP contribution in [-0.2, 0) is 32.2 Å². The highest BCUT2D eigenvalue weighted by molar-refractivity contribution is 7.89. The van der Waals surface area contributed by atoms with Gasteiger partial charge in [0.25, 0.3) is 5.89 Å². The average Bonchev–Trinajstić information content (AvgIpc) is 3.36. The maximum atomic E-state index is 13.5. The number of nitrogens with one attached hydrogen (secondary N) is 1. The SMILES string of the molecule is CCc1cc(-c2noc(-c3ccc(OCC(F)(F)F)c(C(F)(F)F)c3)n2)ccc1S(=O)(=O)NCCC(=O)OC. The van der Waals surface area contributed by atoms with Crippen LogP contribution in [-0.4, -0.2) is 51.0 Å². The standard InChI is InChI=1S/C23H21F6N3O6S/c1-3-13-10-14(5-7-18(13)39(34,35)30-9-8-19(33)36-2)20-31-21(38-32-20)15-4-6-17(37-12-22(24,25)26)16(11-15)23(27,28)29/h4-7,10-11,30H,3,8-9,12H2,1-2H3. The van der Waals surface area contributed by atoms with Crippen LogP contribution in [0.15, 0.2) is 45.8 Å². The molecular formula is C23H21F6N3O6S. The number of carbonyl (C=O) groups is 1. The van der Waals surface area contributed by atoms with Crippen molar-refractivity contribution in [2.45, 2.75) is 37.0 Å². The molecule has 0 aliphatic heterocycles. The van der Waals surface area contributed by atoms with Crippen LogP contribution in [0.5, 0.6) is 5.75 Å². The third-order valence-corrected chi connectivity index (χ3v) is 6.75. The quantitative estimate of drug-likeness (QED) is 0.269. The van der Waals surface area contributed by atoms with Gasteiger partial charge in [-0.15, -0.1) is 0 Å². The van der Waals surface area contributed by atoms with Crippen molar-refractivity contribution in [3.05, 3.63) is 47.5 Å². The Labute approximate surface area is 218 Å². The van der Waals surface area contributed by atoms with Gasteiger partial charge in [0.2, 0.25) is 15.8 Å². The second-order valence-electron chi connectivity index (χ2n) is 7.94. The first-order chi connectivity index (χ1) is 18.1. The smallest absolute Gasteiger partial charge is 0.422 e. The molecule has 16 heteroatoms. The number of nitrogens with zero attached hydrogens (tertiary/aromatic N) is 2. The van der Waals surface area contributed by atoms with Crippen LogP contribution in [0.25, 0.3) is 22.8 Å². The van der Waals surface area contributed by atoms with E-state index in [9.17, 15) is 39.6 Å². The molecule has 0 spiro atoms. The normalized spacial score (nSPS) is 12.4. The lowest BCUT2D eigenvalue weighted by Gasteiger charge is -2.15. The van der Waals surface area contributed by atoms with Crippen LogP contribution in [0.2, 0.25) is 0 Å². The second kappa shape index (κ2) is 11.6. The van der Waals surface area contributed by atoms with E-state index in [1.807, 2.05) is 0 Å². The molecule has 0 aliphatic rings. The maximum absolute atomic E-state index is 13.5. The zero-order valence-corrected chi connectivity index (χ0v) is 21.1. The van der Waals surface area contributed by atoms with E-state index in [0.29, 0.717) is 11.6 Å². The molecule has 0 saturated heterocycles. The number of hydrogen-bond acceptors (Lipinski definition) is 8. The van der Waals surface area contributed by atoms with Gasteiger partial charge >= 0.3 is 18.3 Å². The Kier molecular flexibility index (Phi) is 8.90. The van der Waals surface area contributed by atoms with Crippen molar-refractivity contribution in [3.8, 4) is 28.6 Å². The van der Waals surface area contributed by atoms with Crippen LogP contribution in [0.3, 0.4) is 0 Å². The molecular weight excluding hydrogens is 560 g/mol. The van der Waals surface area contributed by atoms with E-state index >= 15 is 0 Å². The van der Waals surface area contributed by atoms with Crippen LogP contribution in [0.1, 0.15) is 24.5 Å². The number of benzene rings is 2. The fraction of sp³-hybridized carbons (Fsp3) is 0.348. The highest BCUT2D eigenvalue weighted by atomic mass is 32.2. The molecule has 0 unspecified atom stereocenters. The Morgan fingerprint density at radius 2 is 1.74 bits per heavy atom. The van der Waals surface area contributed by atoms with Crippen molar-refractivity contribution in [1.82, 2.24) is 14.9 Å². The first-order valence-electron chi connectivity index (χ1n) is 11.1. The number of rotatable bonds is 10. The van der Waals surface area contributed by atoms with Crippen molar-refractivity contribution in [2.24, 2.45) is 0 Å². The molecule has 1 N–H and O–H groups in total. The molecule has 0 fully saturated rings. The van der Waals surface area contributed by atoms with Crippen LogP contribution in [0, 0.1) is 0 Å².